The van der Waals surface area contributed by atoms with Gasteiger partial charge in [0.15, 0.2) is 5.96 Å². The molecule has 4 fully saturated rings. The van der Waals surface area contributed by atoms with E-state index in [1.165, 1.54) is 4.90 Å². The van der Waals surface area contributed by atoms with Crippen LogP contribution >= 0.6 is 23.2 Å². The molecule has 182 valence electrons. The number of amides is 2. The maximum atomic E-state index is 13.5. The Morgan fingerprint density at radius 1 is 1.20 bits per heavy atom. The van der Waals surface area contributed by atoms with Gasteiger partial charge in [-0.1, -0.05) is 41.9 Å². The molecule has 0 radical (unpaired) electrons. The molecule has 9 heteroatoms. The average Bonchev–Trinajstić information content (AvgIpc) is 2.77. The summed E-state index contributed by atoms with van der Waals surface area (Å²) in [4.78, 5) is 27.7. The number of rotatable bonds is 4. The van der Waals surface area contributed by atoms with E-state index in [9.17, 15) is 9.59 Å². The van der Waals surface area contributed by atoms with Crippen LogP contribution in [-0.2, 0) is 15.1 Å². The standard InChI is InChI=1S/C26H26Cl2N4O3/c1-24(16-6-4-7-17(21(16)27)30-22(34)25-12-26(28,13-25)14-25)11-20(33)32(23(29)31-24)18-9-10-35-19-8-3-2-5-15(18)19/h2-8,18H,9-14H2,1H3,(H2,29,31)(H,30,34)/t18-,24+,25?,26?/m1/s1. The highest BCUT2D eigenvalue weighted by molar-refractivity contribution is 6.35. The molecule has 5 aliphatic rings. The Bertz CT molecular complexity index is 1240. The van der Waals surface area contributed by atoms with Gasteiger partial charge < -0.3 is 15.4 Å². The maximum absolute atomic E-state index is 13.5. The highest BCUT2D eigenvalue weighted by Crippen LogP contribution is 2.71. The molecule has 2 amide bonds. The number of alkyl halides is 1. The lowest BCUT2D eigenvalue weighted by molar-refractivity contribution is -0.152. The largest absolute Gasteiger partial charge is 0.493 e. The molecule has 2 aromatic rings. The predicted octanol–water partition coefficient (Wildman–Crippen LogP) is 4.94. The third kappa shape index (κ3) is 3.43. The van der Waals surface area contributed by atoms with Gasteiger partial charge in [0.2, 0.25) is 11.8 Å². The van der Waals surface area contributed by atoms with Crippen LogP contribution in [0.4, 0.5) is 5.69 Å². The lowest BCUT2D eigenvalue weighted by Crippen LogP contribution is -2.68. The van der Waals surface area contributed by atoms with Crippen molar-refractivity contribution in [2.45, 2.75) is 55.5 Å². The van der Waals surface area contributed by atoms with Crippen molar-refractivity contribution in [1.29, 1.82) is 5.41 Å². The number of fused-ring (bicyclic) bond motifs is 1. The van der Waals surface area contributed by atoms with Gasteiger partial charge in [-0.05, 0) is 43.9 Å². The summed E-state index contributed by atoms with van der Waals surface area (Å²) in [7, 11) is 0. The van der Waals surface area contributed by atoms with Crippen LogP contribution in [0, 0.1) is 10.8 Å². The van der Waals surface area contributed by atoms with Gasteiger partial charge in [0.1, 0.15) is 5.75 Å². The Hall–Kier alpha value is -2.77. The Morgan fingerprint density at radius 2 is 1.94 bits per heavy atom. The summed E-state index contributed by atoms with van der Waals surface area (Å²) < 4.78 is 5.74. The molecule has 35 heavy (non-hydrogen) atoms. The second kappa shape index (κ2) is 7.61. The van der Waals surface area contributed by atoms with Gasteiger partial charge in [-0.15, -0.1) is 11.6 Å². The summed E-state index contributed by atoms with van der Waals surface area (Å²) in [5.41, 5.74) is 0.784. The average molecular weight is 513 g/mol. The lowest BCUT2D eigenvalue weighted by Gasteiger charge is -2.65. The molecule has 2 atom stereocenters. The minimum absolute atomic E-state index is 0.0252. The van der Waals surface area contributed by atoms with Crippen molar-refractivity contribution < 1.29 is 14.3 Å². The number of nitrogens with one attached hydrogen (secondary N) is 3. The van der Waals surface area contributed by atoms with E-state index in [1.807, 2.05) is 43.3 Å². The smallest absolute Gasteiger partial charge is 0.232 e. The Labute approximate surface area is 213 Å². The van der Waals surface area contributed by atoms with Crippen LogP contribution in [0.15, 0.2) is 42.5 Å². The molecule has 0 unspecified atom stereocenters. The first-order chi connectivity index (χ1) is 16.6. The zero-order valence-electron chi connectivity index (χ0n) is 19.3. The number of carbonyl (C=O) groups is 2. The molecule has 1 saturated heterocycles. The predicted molar refractivity (Wildman–Crippen MR) is 134 cm³/mol. The second-order valence-corrected chi connectivity index (χ2v) is 11.7. The van der Waals surface area contributed by atoms with Crippen molar-refractivity contribution in [3.8, 4) is 5.75 Å². The molecule has 3 N–H and O–H groups in total. The van der Waals surface area contributed by atoms with Crippen molar-refractivity contribution in [1.82, 2.24) is 10.2 Å². The molecule has 3 saturated carbocycles. The first kappa shape index (κ1) is 22.7. The Kier molecular flexibility index (Phi) is 4.93. The molecule has 7 nitrogen and oxygen atoms in total. The van der Waals surface area contributed by atoms with E-state index in [2.05, 4.69) is 10.6 Å². The monoisotopic (exact) mass is 512 g/mol. The van der Waals surface area contributed by atoms with Crippen LogP contribution in [-0.4, -0.2) is 34.2 Å². The summed E-state index contributed by atoms with van der Waals surface area (Å²) in [6.45, 7) is 2.34. The van der Waals surface area contributed by atoms with Crippen LogP contribution in [0.1, 0.15) is 56.2 Å². The van der Waals surface area contributed by atoms with E-state index >= 15 is 0 Å². The van der Waals surface area contributed by atoms with Crippen LogP contribution in [0.3, 0.4) is 0 Å². The highest BCUT2D eigenvalue weighted by Gasteiger charge is 2.71. The molecule has 7 rings (SSSR count). The van der Waals surface area contributed by atoms with E-state index in [0.717, 1.165) is 11.3 Å². The topological polar surface area (TPSA) is 94.5 Å². The fraction of sp³-hybridized carbons (Fsp3) is 0.423. The number of para-hydroxylation sites is 1. The van der Waals surface area contributed by atoms with E-state index in [1.54, 1.807) is 6.07 Å². The number of hydrogen-bond acceptors (Lipinski definition) is 4. The first-order valence-electron chi connectivity index (χ1n) is 11.8. The van der Waals surface area contributed by atoms with Crippen molar-refractivity contribution in [3.05, 3.63) is 58.6 Å². The quantitative estimate of drug-likeness (QED) is 0.505. The van der Waals surface area contributed by atoms with Crippen LogP contribution < -0.4 is 15.4 Å². The van der Waals surface area contributed by atoms with E-state index < -0.39 is 5.54 Å². The van der Waals surface area contributed by atoms with Crippen molar-refractivity contribution in [3.63, 3.8) is 0 Å². The number of carbonyl (C=O) groups excluding carboxylic acids is 2. The third-order valence-corrected chi connectivity index (χ3v) is 8.74. The number of halogens is 2. The van der Waals surface area contributed by atoms with Gasteiger partial charge in [-0.25, -0.2) is 0 Å². The van der Waals surface area contributed by atoms with Gasteiger partial charge in [0, 0.05) is 16.9 Å². The van der Waals surface area contributed by atoms with Crippen molar-refractivity contribution >= 4 is 46.7 Å². The maximum Gasteiger partial charge on any atom is 0.232 e. The zero-order valence-corrected chi connectivity index (χ0v) is 20.8. The molecule has 2 bridgehead atoms. The summed E-state index contributed by atoms with van der Waals surface area (Å²) in [5, 5.41) is 15.3. The number of ether oxygens (including phenoxy) is 1. The number of benzene rings is 2. The van der Waals surface area contributed by atoms with Crippen LogP contribution in [0.25, 0.3) is 0 Å². The molecule has 2 aromatic carbocycles. The van der Waals surface area contributed by atoms with Gasteiger partial charge in [0.25, 0.3) is 0 Å². The fourth-order valence-corrected chi connectivity index (χ4v) is 7.33. The van der Waals surface area contributed by atoms with Crippen molar-refractivity contribution in [2.75, 3.05) is 11.9 Å². The number of nitrogens with zero attached hydrogens (tertiary/aromatic N) is 1. The zero-order chi connectivity index (χ0) is 24.6. The molecule has 2 heterocycles. The Morgan fingerprint density at radius 3 is 2.66 bits per heavy atom. The van der Waals surface area contributed by atoms with Crippen molar-refractivity contribution in [2.24, 2.45) is 5.41 Å². The highest BCUT2D eigenvalue weighted by atomic mass is 35.5. The van der Waals surface area contributed by atoms with E-state index in [0.29, 0.717) is 48.6 Å². The van der Waals surface area contributed by atoms with E-state index in [4.69, 9.17) is 33.3 Å². The van der Waals surface area contributed by atoms with Gasteiger partial charge in [0.05, 0.1) is 40.7 Å². The molecule has 0 spiro atoms. The fourth-order valence-electron chi connectivity index (χ4n) is 6.18. The molecular formula is C26H26Cl2N4O3. The minimum Gasteiger partial charge on any atom is -0.493 e. The summed E-state index contributed by atoms with van der Waals surface area (Å²) in [5.74, 6) is 0.545. The van der Waals surface area contributed by atoms with E-state index in [-0.39, 0.29) is 40.5 Å². The molecule has 3 aliphatic carbocycles. The summed E-state index contributed by atoms with van der Waals surface area (Å²) in [6.07, 6.45) is 2.81. The normalized spacial score (nSPS) is 33.0. The summed E-state index contributed by atoms with van der Waals surface area (Å²) in [6, 6.07) is 12.8. The van der Waals surface area contributed by atoms with Gasteiger partial charge >= 0.3 is 0 Å². The first-order valence-corrected chi connectivity index (χ1v) is 12.6. The van der Waals surface area contributed by atoms with Gasteiger partial charge in [-0.3, -0.25) is 19.9 Å². The van der Waals surface area contributed by atoms with Gasteiger partial charge in [-0.2, -0.15) is 0 Å². The molecule has 2 aliphatic heterocycles. The number of hydrogen-bond donors (Lipinski definition) is 3. The molecule has 0 aromatic heterocycles. The van der Waals surface area contributed by atoms with Crippen LogP contribution in [0.2, 0.25) is 5.02 Å². The SMILES string of the molecule is C[C@@]1(c2cccc(NC(=O)C34CC(Cl)(C3)C4)c2Cl)CC(=O)N([C@@H]2CCOc3ccccc32)C(=N)N1. The number of guanidine groups is 1. The second-order valence-electron chi connectivity index (χ2n) is 10.5. The third-order valence-electron chi connectivity index (χ3n) is 7.94. The number of anilines is 1. The Balaban J connectivity index is 1.24. The summed E-state index contributed by atoms with van der Waals surface area (Å²) >= 11 is 13.1. The van der Waals surface area contributed by atoms with Crippen LogP contribution in [0.5, 0.6) is 5.75 Å². The lowest BCUT2D eigenvalue weighted by atomic mass is 9.43. The minimum atomic E-state index is -0.899. The molecular weight excluding hydrogens is 487 g/mol.